The Hall–Kier alpha value is -0.823. The quantitative estimate of drug-likeness (QED) is 0.506. The third kappa shape index (κ3) is 3.93. The van der Waals surface area contributed by atoms with Crippen molar-refractivity contribution in [2.75, 3.05) is 0 Å². The molecule has 0 bridgehead atoms. The molecule has 0 aliphatic carbocycles. The molecule has 0 aliphatic rings. The highest BCUT2D eigenvalue weighted by Gasteiger charge is 2.38. The summed E-state index contributed by atoms with van der Waals surface area (Å²) in [5.41, 5.74) is 2.53. The zero-order chi connectivity index (χ0) is 16.5. The normalized spacial score (nSPS) is 12.5. The zero-order valence-electron chi connectivity index (χ0n) is 14.3. The minimum absolute atomic E-state index is 0.219. The fraction of sp³-hybridized carbons (Fsp3) is 0.471. The number of nitrogens with zero attached hydrogens (tertiary/aromatic N) is 2. The summed E-state index contributed by atoms with van der Waals surface area (Å²) in [5, 5.41) is 0.219. The molecule has 1 aromatic heterocycles. The molecule has 1 heterocycles. The van der Waals surface area contributed by atoms with E-state index in [9.17, 15) is 0 Å². The Balaban J connectivity index is 2.11. The lowest BCUT2D eigenvalue weighted by Crippen LogP contribution is -2.43. The van der Waals surface area contributed by atoms with Gasteiger partial charge in [0.05, 0.1) is 12.0 Å². The van der Waals surface area contributed by atoms with E-state index in [0.717, 1.165) is 15.9 Å². The minimum atomic E-state index is -1.76. The Morgan fingerprint density at radius 3 is 2.23 bits per heavy atom. The molecule has 0 fully saturated rings. The van der Waals surface area contributed by atoms with Crippen LogP contribution in [-0.2, 0) is 13.5 Å². The Labute approximate surface area is 148 Å². The molecule has 0 atom stereocenters. The van der Waals surface area contributed by atoms with Crippen LogP contribution >= 0.6 is 22.6 Å². The van der Waals surface area contributed by atoms with Crippen LogP contribution in [0, 0.1) is 3.70 Å². The summed E-state index contributed by atoms with van der Waals surface area (Å²) in [5.74, 6) is 0.982. The summed E-state index contributed by atoms with van der Waals surface area (Å²) in [6.45, 7) is 11.3. The van der Waals surface area contributed by atoms with E-state index >= 15 is 0 Å². The Morgan fingerprint density at radius 1 is 1.18 bits per heavy atom. The van der Waals surface area contributed by atoms with E-state index in [1.54, 1.807) is 0 Å². The molecule has 0 saturated heterocycles. The monoisotopic (exact) mass is 428 g/mol. The van der Waals surface area contributed by atoms with Crippen molar-refractivity contribution in [1.29, 1.82) is 0 Å². The number of aromatic nitrogens is 2. The maximum atomic E-state index is 6.32. The molecule has 0 amide bonds. The molecule has 0 saturated carbocycles. The van der Waals surface area contributed by atoms with Crippen molar-refractivity contribution in [3.63, 3.8) is 0 Å². The lowest BCUT2D eigenvalue weighted by atomic mass is 10.1. The Bertz CT molecular complexity index is 622. The van der Waals surface area contributed by atoms with Gasteiger partial charge in [0, 0.05) is 13.5 Å². The number of imidazole rings is 1. The number of hydrogen-bond donors (Lipinski definition) is 0. The number of hydrogen-bond acceptors (Lipinski definition) is 2. The van der Waals surface area contributed by atoms with E-state index < -0.39 is 8.32 Å². The van der Waals surface area contributed by atoms with Crippen molar-refractivity contribution in [2.24, 2.45) is 7.05 Å². The summed E-state index contributed by atoms with van der Waals surface area (Å²) >= 11 is 2.29. The maximum absolute atomic E-state index is 6.32. The summed E-state index contributed by atoms with van der Waals surface area (Å²) < 4.78 is 9.48. The van der Waals surface area contributed by atoms with Gasteiger partial charge in [-0.2, -0.15) is 0 Å². The lowest BCUT2D eigenvalue weighted by molar-refractivity contribution is 0.492. The van der Waals surface area contributed by atoms with E-state index in [1.165, 1.54) is 11.3 Å². The van der Waals surface area contributed by atoms with Crippen LogP contribution in [0.2, 0.25) is 18.1 Å². The van der Waals surface area contributed by atoms with Crippen LogP contribution in [0.15, 0.2) is 30.6 Å². The highest BCUT2D eigenvalue weighted by atomic mass is 127. The van der Waals surface area contributed by atoms with Crippen LogP contribution in [0.5, 0.6) is 5.75 Å². The topological polar surface area (TPSA) is 27.1 Å². The second kappa shape index (κ2) is 6.35. The highest BCUT2D eigenvalue weighted by Crippen LogP contribution is 2.37. The molecular formula is C17H25IN2OSi. The van der Waals surface area contributed by atoms with E-state index in [-0.39, 0.29) is 5.04 Å². The van der Waals surface area contributed by atoms with Crippen molar-refractivity contribution in [1.82, 2.24) is 9.55 Å². The number of aryl methyl sites for hydroxylation is 1. The van der Waals surface area contributed by atoms with Crippen LogP contribution < -0.4 is 4.43 Å². The van der Waals surface area contributed by atoms with Crippen LogP contribution in [0.25, 0.3) is 0 Å². The van der Waals surface area contributed by atoms with Gasteiger partial charge < -0.3 is 8.99 Å². The Morgan fingerprint density at radius 2 is 1.77 bits per heavy atom. The van der Waals surface area contributed by atoms with Gasteiger partial charge in [0.2, 0.25) is 8.32 Å². The van der Waals surface area contributed by atoms with E-state index in [4.69, 9.17) is 4.43 Å². The lowest BCUT2D eigenvalue weighted by Gasteiger charge is -2.36. The van der Waals surface area contributed by atoms with Crippen molar-refractivity contribution < 1.29 is 4.43 Å². The number of benzene rings is 1. The van der Waals surface area contributed by atoms with E-state index in [1.807, 2.05) is 13.4 Å². The van der Waals surface area contributed by atoms with Gasteiger partial charge in [0.1, 0.15) is 9.45 Å². The zero-order valence-corrected chi connectivity index (χ0v) is 17.4. The second-order valence-electron chi connectivity index (χ2n) is 7.28. The van der Waals surface area contributed by atoms with Gasteiger partial charge in [-0.25, -0.2) is 4.98 Å². The maximum Gasteiger partial charge on any atom is 0.250 e. The smallest absolute Gasteiger partial charge is 0.250 e. The SMILES string of the molecule is Cn1cnc(I)c1Cc1ccc(O[Si](C)(C)C(C)(C)C)cc1. The van der Waals surface area contributed by atoms with Crippen molar-refractivity contribution >= 4 is 30.9 Å². The molecular weight excluding hydrogens is 403 g/mol. The molecule has 1 aromatic carbocycles. The molecule has 0 aliphatic heterocycles. The molecule has 5 heteroatoms. The van der Waals surface area contributed by atoms with Crippen LogP contribution in [0.4, 0.5) is 0 Å². The van der Waals surface area contributed by atoms with Gasteiger partial charge in [-0.1, -0.05) is 32.9 Å². The van der Waals surface area contributed by atoms with Crippen LogP contribution in [0.1, 0.15) is 32.0 Å². The average Bonchev–Trinajstić information content (AvgIpc) is 2.71. The average molecular weight is 428 g/mol. The Kier molecular flexibility index (Phi) is 5.06. The molecule has 0 spiro atoms. The fourth-order valence-corrected chi connectivity index (χ4v) is 3.67. The highest BCUT2D eigenvalue weighted by molar-refractivity contribution is 14.1. The molecule has 0 unspecified atom stereocenters. The summed E-state index contributed by atoms with van der Waals surface area (Å²) in [7, 11) is 0.281. The fourth-order valence-electron chi connectivity index (χ4n) is 1.94. The van der Waals surface area contributed by atoms with E-state index in [0.29, 0.717) is 0 Å². The molecule has 0 N–H and O–H groups in total. The van der Waals surface area contributed by atoms with Crippen molar-refractivity contribution in [3.05, 3.63) is 45.6 Å². The first kappa shape index (κ1) is 17.5. The molecule has 3 nitrogen and oxygen atoms in total. The van der Waals surface area contributed by atoms with E-state index in [2.05, 4.69) is 90.3 Å². The molecule has 0 radical (unpaired) electrons. The minimum Gasteiger partial charge on any atom is -0.544 e. The summed E-state index contributed by atoms with van der Waals surface area (Å²) in [6.07, 6.45) is 2.77. The van der Waals surface area contributed by atoms with Crippen LogP contribution in [-0.4, -0.2) is 17.9 Å². The van der Waals surface area contributed by atoms with Gasteiger partial charge >= 0.3 is 0 Å². The molecule has 2 rings (SSSR count). The third-order valence-electron chi connectivity index (χ3n) is 4.48. The molecule has 22 heavy (non-hydrogen) atoms. The van der Waals surface area contributed by atoms with Gasteiger partial charge in [-0.3, -0.25) is 0 Å². The summed E-state index contributed by atoms with van der Waals surface area (Å²) in [6, 6.07) is 8.51. The predicted octanol–water partition coefficient (Wildman–Crippen LogP) is 5.00. The molecule has 2 aromatic rings. The van der Waals surface area contributed by atoms with Gasteiger partial charge in [-0.15, -0.1) is 0 Å². The third-order valence-corrected chi connectivity index (χ3v) is 9.74. The number of halogens is 1. The first-order chi connectivity index (χ1) is 10.1. The first-order valence-electron chi connectivity index (χ1n) is 7.54. The van der Waals surface area contributed by atoms with Gasteiger partial charge in [0.25, 0.3) is 0 Å². The largest absolute Gasteiger partial charge is 0.544 e. The number of rotatable bonds is 4. The van der Waals surface area contributed by atoms with Gasteiger partial charge in [0.15, 0.2) is 0 Å². The predicted molar refractivity (Wildman–Crippen MR) is 103 cm³/mol. The van der Waals surface area contributed by atoms with Crippen molar-refractivity contribution in [2.45, 2.75) is 45.3 Å². The van der Waals surface area contributed by atoms with Crippen molar-refractivity contribution in [3.8, 4) is 5.75 Å². The first-order valence-corrected chi connectivity index (χ1v) is 11.5. The standard InChI is InChI=1S/C17H25IN2OSi/c1-17(2,3)22(5,6)21-14-9-7-13(8-10-14)11-15-16(18)19-12-20(15)4/h7-10,12H,11H2,1-6H3. The molecule has 120 valence electrons. The summed E-state index contributed by atoms with van der Waals surface area (Å²) in [4.78, 5) is 4.34. The second-order valence-corrected chi connectivity index (χ2v) is 13.0. The van der Waals surface area contributed by atoms with Gasteiger partial charge in [-0.05, 0) is 58.4 Å². The van der Waals surface area contributed by atoms with Crippen LogP contribution in [0.3, 0.4) is 0 Å².